The van der Waals surface area contributed by atoms with Gasteiger partial charge in [0, 0.05) is 19.1 Å². The van der Waals surface area contributed by atoms with Crippen LogP contribution in [0.5, 0.6) is 5.75 Å². The van der Waals surface area contributed by atoms with Crippen LogP contribution >= 0.6 is 0 Å². The molecule has 0 saturated carbocycles. The fraction of sp³-hybridized carbons (Fsp3) is 0.562. The predicted octanol–water partition coefficient (Wildman–Crippen LogP) is 1.59. The summed E-state index contributed by atoms with van der Waals surface area (Å²) in [6.07, 6.45) is 0. The molecule has 1 aromatic carbocycles. The van der Waals surface area contributed by atoms with Gasteiger partial charge in [-0.3, -0.25) is 10.1 Å². The van der Waals surface area contributed by atoms with Crippen molar-refractivity contribution in [3.63, 3.8) is 0 Å². The molecule has 1 saturated heterocycles. The summed E-state index contributed by atoms with van der Waals surface area (Å²) >= 11 is 0. The van der Waals surface area contributed by atoms with Crippen LogP contribution in [0, 0.1) is 0 Å². The van der Waals surface area contributed by atoms with E-state index in [1.165, 1.54) is 0 Å². The van der Waals surface area contributed by atoms with Gasteiger partial charge in [0.2, 0.25) is 5.91 Å². The van der Waals surface area contributed by atoms with Crippen LogP contribution in [0.1, 0.15) is 25.5 Å². The van der Waals surface area contributed by atoms with Gasteiger partial charge in [0.1, 0.15) is 5.75 Å². The molecule has 1 fully saturated rings. The van der Waals surface area contributed by atoms with E-state index in [1.807, 2.05) is 36.1 Å². The number of amides is 1. The smallest absolute Gasteiger partial charge is 0.239 e. The molecular formula is C16H24N2O3. The van der Waals surface area contributed by atoms with Gasteiger partial charge in [0.15, 0.2) is 0 Å². The number of benzene rings is 1. The fourth-order valence-corrected chi connectivity index (χ4v) is 2.51. The highest BCUT2D eigenvalue weighted by Gasteiger charge is 2.23. The zero-order valence-corrected chi connectivity index (χ0v) is 13.0. The Morgan fingerprint density at radius 2 is 2.05 bits per heavy atom. The molecule has 0 spiro atoms. The second kappa shape index (κ2) is 7.43. The summed E-state index contributed by atoms with van der Waals surface area (Å²) in [5.74, 6) is 0.960. The molecule has 21 heavy (non-hydrogen) atoms. The Morgan fingerprint density at radius 1 is 1.33 bits per heavy atom. The Labute approximate surface area is 126 Å². The third-order valence-corrected chi connectivity index (χ3v) is 3.79. The number of nitrogens with zero attached hydrogens (tertiary/aromatic N) is 1. The Balaban J connectivity index is 1.94. The van der Waals surface area contributed by atoms with Crippen molar-refractivity contribution in [2.24, 2.45) is 0 Å². The molecule has 116 valence electrons. The topological polar surface area (TPSA) is 50.8 Å². The van der Waals surface area contributed by atoms with Gasteiger partial charge in [-0.25, -0.2) is 0 Å². The lowest BCUT2D eigenvalue weighted by Gasteiger charge is -2.30. The van der Waals surface area contributed by atoms with Crippen molar-refractivity contribution >= 4 is 5.91 Å². The van der Waals surface area contributed by atoms with Crippen molar-refractivity contribution in [3.8, 4) is 5.75 Å². The quantitative estimate of drug-likeness (QED) is 0.895. The molecule has 1 heterocycles. The van der Waals surface area contributed by atoms with Crippen molar-refractivity contribution in [2.75, 3.05) is 33.4 Å². The van der Waals surface area contributed by atoms with E-state index in [2.05, 4.69) is 12.2 Å². The number of carbonyl (C=O) groups is 1. The molecule has 1 aromatic rings. The van der Waals surface area contributed by atoms with E-state index in [0.717, 1.165) is 11.3 Å². The highest BCUT2D eigenvalue weighted by Crippen LogP contribution is 2.19. The van der Waals surface area contributed by atoms with E-state index in [9.17, 15) is 4.79 Å². The fourth-order valence-electron chi connectivity index (χ4n) is 2.51. The first kappa shape index (κ1) is 15.8. The van der Waals surface area contributed by atoms with Gasteiger partial charge in [0.25, 0.3) is 0 Å². The van der Waals surface area contributed by atoms with Gasteiger partial charge in [-0.2, -0.15) is 0 Å². The first-order valence-electron chi connectivity index (χ1n) is 7.38. The maximum absolute atomic E-state index is 12.4. The standard InChI is InChI=1S/C16H24N2O3/c1-12(14-5-4-6-15(11-14)20-3)17-13(2)16(19)18-7-9-21-10-8-18/h4-6,11-13,17H,7-10H2,1-3H3. The third-order valence-electron chi connectivity index (χ3n) is 3.79. The van der Waals surface area contributed by atoms with E-state index in [0.29, 0.717) is 26.3 Å². The van der Waals surface area contributed by atoms with Crippen LogP contribution in [0.15, 0.2) is 24.3 Å². The number of morpholine rings is 1. The molecule has 5 heteroatoms. The lowest BCUT2D eigenvalue weighted by molar-refractivity contribution is -0.137. The zero-order chi connectivity index (χ0) is 15.2. The van der Waals surface area contributed by atoms with Crippen LogP contribution < -0.4 is 10.1 Å². The van der Waals surface area contributed by atoms with Crippen molar-refractivity contribution in [1.29, 1.82) is 0 Å². The summed E-state index contributed by atoms with van der Waals surface area (Å²) in [6.45, 7) is 6.58. The second-order valence-electron chi connectivity index (χ2n) is 5.32. The SMILES string of the molecule is COc1cccc(C(C)NC(C)C(=O)N2CCOCC2)c1. The van der Waals surface area contributed by atoms with Crippen LogP contribution in [0.4, 0.5) is 0 Å². The van der Waals surface area contributed by atoms with Crippen LogP contribution in [0.25, 0.3) is 0 Å². The van der Waals surface area contributed by atoms with Gasteiger partial charge in [0.05, 0.1) is 26.4 Å². The van der Waals surface area contributed by atoms with Crippen LogP contribution in [0.3, 0.4) is 0 Å². The first-order chi connectivity index (χ1) is 10.1. The Hall–Kier alpha value is -1.59. The number of nitrogens with one attached hydrogen (secondary N) is 1. The van der Waals surface area contributed by atoms with Crippen molar-refractivity contribution in [3.05, 3.63) is 29.8 Å². The number of hydrogen-bond acceptors (Lipinski definition) is 4. The van der Waals surface area contributed by atoms with E-state index in [-0.39, 0.29) is 18.0 Å². The number of hydrogen-bond donors (Lipinski definition) is 1. The lowest BCUT2D eigenvalue weighted by atomic mass is 10.1. The molecule has 0 bridgehead atoms. The molecular weight excluding hydrogens is 268 g/mol. The van der Waals surface area contributed by atoms with Crippen LogP contribution in [-0.4, -0.2) is 50.3 Å². The normalized spacial score (nSPS) is 18.1. The minimum absolute atomic E-state index is 0.0834. The Morgan fingerprint density at radius 3 is 2.71 bits per heavy atom. The maximum Gasteiger partial charge on any atom is 0.239 e. The molecule has 0 aromatic heterocycles. The summed E-state index contributed by atoms with van der Waals surface area (Å²) in [7, 11) is 1.65. The lowest BCUT2D eigenvalue weighted by Crippen LogP contribution is -2.49. The van der Waals surface area contributed by atoms with Gasteiger partial charge in [-0.05, 0) is 31.5 Å². The number of methoxy groups -OCH3 is 1. The van der Waals surface area contributed by atoms with E-state index < -0.39 is 0 Å². The second-order valence-corrected chi connectivity index (χ2v) is 5.32. The van der Waals surface area contributed by atoms with Crippen molar-refractivity contribution < 1.29 is 14.3 Å². The first-order valence-corrected chi connectivity index (χ1v) is 7.38. The van der Waals surface area contributed by atoms with Crippen LogP contribution in [0.2, 0.25) is 0 Å². The van der Waals surface area contributed by atoms with Gasteiger partial charge >= 0.3 is 0 Å². The number of ether oxygens (including phenoxy) is 2. The molecule has 1 N–H and O–H groups in total. The van der Waals surface area contributed by atoms with Crippen LogP contribution in [-0.2, 0) is 9.53 Å². The molecule has 1 amide bonds. The molecule has 0 aliphatic carbocycles. The predicted molar refractivity (Wildman–Crippen MR) is 81.4 cm³/mol. The van der Waals surface area contributed by atoms with Crippen molar-refractivity contribution in [2.45, 2.75) is 25.9 Å². The molecule has 0 radical (unpaired) electrons. The van der Waals surface area contributed by atoms with E-state index in [4.69, 9.17) is 9.47 Å². The molecule has 2 atom stereocenters. The third kappa shape index (κ3) is 4.19. The summed E-state index contributed by atoms with van der Waals surface area (Å²) in [5.41, 5.74) is 1.11. The Kier molecular flexibility index (Phi) is 5.59. The average Bonchev–Trinajstić information content (AvgIpc) is 2.54. The number of rotatable bonds is 5. The zero-order valence-electron chi connectivity index (χ0n) is 13.0. The summed E-state index contributed by atoms with van der Waals surface area (Å²) in [6, 6.07) is 7.76. The molecule has 1 aliphatic heterocycles. The number of carbonyl (C=O) groups excluding carboxylic acids is 1. The van der Waals surface area contributed by atoms with Gasteiger partial charge in [-0.1, -0.05) is 12.1 Å². The summed E-state index contributed by atoms with van der Waals surface area (Å²) in [4.78, 5) is 14.2. The van der Waals surface area contributed by atoms with Crippen molar-refractivity contribution in [1.82, 2.24) is 10.2 Å². The molecule has 1 aliphatic rings. The minimum atomic E-state index is -0.218. The minimum Gasteiger partial charge on any atom is -0.497 e. The maximum atomic E-state index is 12.4. The molecule has 5 nitrogen and oxygen atoms in total. The highest BCUT2D eigenvalue weighted by atomic mass is 16.5. The highest BCUT2D eigenvalue weighted by molar-refractivity contribution is 5.81. The van der Waals surface area contributed by atoms with Gasteiger partial charge < -0.3 is 14.4 Å². The Bertz CT molecular complexity index is 472. The average molecular weight is 292 g/mol. The largest absolute Gasteiger partial charge is 0.497 e. The summed E-state index contributed by atoms with van der Waals surface area (Å²) < 4.78 is 10.5. The van der Waals surface area contributed by atoms with E-state index >= 15 is 0 Å². The monoisotopic (exact) mass is 292 g/mol. The molecule has 2 unspecified atom stereocenters. The summed E-state index contributed by atoms with van der Waals surface area (Å²) in [5, 5.41) is 3.36. The van der Waals surface area contributed by atoms with Gasteiger partial charge in [-0.15, -0.1) is 0 Å². The molecule has 2 rings (SSSR count). The van der Waals surface area contributed by atoms with E-state index in [1.54, 1.807) is 7.11 Å².